The Hall–Kier alpha value is -5.17. The largest absolute Gasteiger partial charge is 0.289 e. The van der Waals surface area contributed by atoms with Crippen molar-refractivity contribution in [2.75, 3.05) is 11.9 Å². The van der Waals surface area contributed by atoms with Crippen molar-refractivity contribution in [1.29, 1.82) is 0 Å². The van der Waals surface area contributed by atoms with E-state index in [0.29, 0.717) is 5.69 Å². The van der Waals surface area contributed by atoms with Gasteiger partial charge in [-0.2, -0.15) is 0 Å². The molecule has 2 aliphatic heterocycles. The van der Waals surface area contributed by atoms with Crippen LogP contribution in [0.25, 0.3) is 0 Å². The molecule has 0 aromatic heterocycles. The number of imide groups is 2. The first-order chi connectivity index (χ1) is 20.1. The van der Waals surface area contributed by atoms with Crippen molar-refractivity contribution in [3.63, 3.8) is 0 Å². The lowest BCUT2D eigenvalue weighted by Crippen LogP contribution is -2.29. The summed E-state index contributed by atoms with van der Waals surface area (Å²) in [5.74, 6) is -2.02. The second-order valence-corrected chi connectivity index (χ2v) is 11.8. The molecule has 4 aromatic carbocycles. The van der Waals surface area contributed by atoms with Crippen LogP contribution in [0.4, 0.5) is 5.69 Å². The third-order valence-electron chi connectivity index (χ3n) is 8.83. The molecule has 1 aliphatic carbocycles. The van der Waals surface area contributed by atoms with Crippen molar-refractivity contribution in [1.82, 2.24) is 4.90 Å². The van der Waals surface area contributed by atoms with Crippen molar-refractivity contribution in [2.45, 2.75) is 31.6 Å². The molecule has 42 heavy (non-hydrogen) atoms. The summed E-state index contributed by atoms with van der Waals surface area (Å²) in [5, 5.41) is 0. The highest BCUT2D eigenvalue weighted by Crippen LogP contribution is 2.48. The molecule has 206 valence electrons. The lowest BCUT2D eigenvalue weighted by Gasteiger charge is -2.20. The van der Waals surface area contributed by atoms with Gasteiger partial charge in [-0.25, -0.2) is 4.90 Å². The van der Waals surface area contributed by atoms with Crippen LogP contribution < -0.4 is 4.90 Å². The minimum absolute atomic E-state index is 0.0563. The Labute approximate surface area is 242 Å². The van der Waals surface area contributed by atoms with Gasteiger partial charge in [-0.3, -0.25) is 28.9 Å². The monoisotopic (exact) mass is 554 g/mol. The number of amides is 4. The highest BCUT2D eigenvalue weighted by molar-refractivity contribution is 6.35. The van der Waals surface area contributed by atoms with Gasteiger partial charge in [0.25, 0.3) is 23.6 Å². The average molecular weight is 555 g/mol. The third kappa shape index (κ3) is 3.63. The summed E-state index contributed by atoms with van der Waals surface area (Å²) in [6.07, 6.45) is 0.973. The Kier molecular flexibility index (Phi) is 5.47. The number of anilines is 1. The fraction of sp³-hybridized carbons (Fsp3) is 0.171. The topological polar surface area (TPSA) is 91.8 Å². The van der Waals surface area contributed by atoms with Gasteiger partial charge >= 0.3 is 0 Å². The summed E-state index contributed by atoms with van der Waals surface area (Å²) in [6.45, 7) is 4.50. The number of hydrogen-bond acceptors (Lipinski definition) is 5. The van der Waals surface area contributed by atoms with E-state index in [4.69, 9.17) is 0 Å². The van der Waals surface area contributed by atoms with Gasteiger partial charge < -0.3 is 0 Å². The van der Waals surface area contributed by atoms with Crippen molar-refractivity contribution < 1.29 is 24.0 Å². The van der Waals surface area contributed by atoms with E-state index in [9.17, 15) is 24.0 Å². The van der Waals surface area contributed by atoms with Gasteiger partial charge in [-0.05, 0) is 64.9 Å². The van der Waals surface area contributed by atoms with Gasteiger partial charge in [0.15, 0.2) is 5.78 Å². The molecule has 1 unspecified atom stereocenters. The molecule has 0 saturated heterocycles. The number of fused-ring (bicyclic) bond motifs is 3. The summed E-state index contributed by atoms with van der Waals surface area (Å²) in [5.41, 5.74) is 5.51. The maximum Gasteiger partial charge on any atom is 0.266 e. The number of hydrogen-bond donors (Lipinski definition) is 0. The summed E-state index contributed by atoms with van der Waals surface area (Å²) in [7, 11) is 1.39. The minimum atomic E-state index is -0.499. The number of rotatable bonds is 4. The first-order valence-corrected chi connectivity index (χ1v) is 13.8. The SMILES string of the molecule is CN1C(=O)c2ccc(C(=O)c3ccc4c(c3)C(=O)N(c3ccc(C5CC(C)(C)c6ccccc65)cc3)C4=O)cc2C1=O. The molecule has 7 heteroatoms. The third-order valence-corrected chi connectivity index (χ3v) is 8.83. The zero-order chi connectivity index (χ0) is 29.5. The quantitative estimate of drug-likeness (QED) is 0.236. The predicted octanol–water partition coefficient (Wildman–Crippen LogP) is 5.76. The van der Waals surface area contributed by atoms with E-state index in [1.54, 1.807) is 12.1 Å². The van der Waals surface area contributed by atoms with Gasteiger partial charge in [-0.1, -0.05) is 62.4 Å². The molecule has 0 spiro atoms. The van der Waals surface area contributed by atoms with Crippen LogP contribution in [-0.2, 0) is 5.41 Å². The Morgan fingerprint density at radius 1 is 0.690 bits per heavy atom. The lowest BCUT2D eigenvalue weighted by molar-refractivity contribution is 0.0692. The van der Waals surface area contributed by atoms with E-state index in [1.165, 1.54) is 54.6 Å². The first kappa shape index (κ1) is 25.8. The Bertz CT molecular complexity index is 1900. The van der Waals surface area contributed by atoms with Crippen molar-refractivity contribution in [2.24, 2.45) is 0 Å². The average Bonchev–Trinajstić information content (AvgIpc) is 3.52. The van der Waals surface area contributed by atoms with E-state index < -0.39 is 29.4 Å². The molecule has 7 rings (SSSR count). The van der Waals surface area contributed by atoms with Gasteiger partial charge in [0.05, 0.1) is 27.9 Å². The van der Waals surface area contributed by atoms with Gasteiger partial charge in [0, 0.05) is 24.1 Å². The zero-order valence-electron chi connectivity index (χ0n) is 23.3. The first-order valence-electron chi connectivity index (χ1n) is 13.8. The molecular weight excluding hydrogens is 528 g/mol. The van der Waals surface area contributed by atoms with Crippen LogP contribution >= 0.6 is 0 Å². The number of carbonyl (C=O) groups is 5. The van der Waals surface area contributed by atoms with Crippen molar-refractivity contribution in [3.05, 3.63) is 135 Å². The van der Waals surface area contributed by atoms with Crippen LogP contribution in [0.1, 0.15) is 100 Å². The molecule has 7 nitrogen and oxygen atoms in total. The molecule has 0 fully saturated rings. The lowest BCUT2D eigenvalue weighted by atomic mass is 9.85. The van der Waals surface area contributed by atoms with Crippen molar-refractivity contribution in [3.8, 4) is 0 Å². The Morgan fingerprint density at radius 3 is 1.90 bits per heavy atom. The summed E-state index contributed by atoms with van der Waals surface area (Å²) in [6, 6.07) is 24.8. The van der Waals surface area contributed by atoms with Crippen LogP contribution in [-0.4, -0.2) is 41.4 Å². The van der Waals surface area contributed by atoms with E-state index in [1.807, 2.05) is 12.1 Å². The van der Waals surface area contributed by atoms with Crippen LogP contribution in [0.5, 0.6) is 0 Å². The highest BCUT2D eigenvalue weighted by atomic mass is 16.2. The van der Waals surface area contributed by atoms with Gasteiger partial charge in [0.2, 0.25) is 0 Å². The molecular formula is C35H26N2O5. The van der Waals surface area contributed by atoms with Gasteiger partial charge in [-0.15, -0.1) is 0 Å². The molecule has 0 N–H and O–H groups in total. The van der Waals surface area contributed by atoms with E-state index in [-0.39, 0.29) is 44.7 Å². The molecule has 0 radical (unpaired) electrons. The standard InChI is InChI=1S/C35H26N2O5/c1-35(2)18-28(23-6-4-5-7-29(23)35)19-8-12-22(13-9-19)37-33(41)25-15-11-21(17-27(25)34(37)42)30(38)20-10-14-24-26(16-20)32(40)36(3)31(24)39/h4-17,28H,18H2,1-3H3. The number of carbonyl (C=O) groups excluding carboxylic acids is 5. The molecule has 2 heterocycles. The summed E-state index contributed by atoms with van der Waals surface area (Å²) < 4.78 is 0. The number of nitrogens with zero attached hydrogens (tertiary/aromatic N) is 2. The summed E-state index contributed by atoms with van der Waals surface area (Å²) in [4.78, 5) is 66.9. The Morgan fingerprint density at radius 2 is 1.24 bits per heavy atom. The van der Waals surface area contributed by atoms with Crippen LogP contribution in [0.2, 0.25) is 0 Å². The van der Waals surface area contributed by atoms with Gasteiger partial charge in [0.1, 0.15) is 0 Å². The van der Waals surface area contributed by atoms with E-state index in [2.05, 4.69) is 38.1 Å². The maximum atomic E-state index is 13.5. The second kappa shape index (κ2) is 8.91. The van der Waals surface area contributed by atoms with Crippen molar-refractivity contribution >= 4 is 35.1 Å². The minimum Gasteiger partial charge on any atom is -0.289 e. The van der Waals surface area contributed by atoms with E-state index in [0.717, 1.165) is 21.8 Å². The normalized spacial score (nSPS) is 18.4. The highest BCUT2D eigenvalue weighted by Gasteiger charge is 2.39. The van der Waals surface area contributed by atoms with Crippen LogP contribution in [0.3, 0.4) is 0 Å². The number of benzene rings is 4. The molecule has 3 aliphatic rings. The van der Waals surface area contributed by atoms with Crippen LogP contribution in [0.15, 0.2) is 84.9 Å². The smallest absolute Gasteiger partial charge is 0.266 e. The second-order valence-electron chi connectivity index (χ2n) is 11.8. The molecule has 4 amide bonds. The predicted molar refractivity (Wildman–Crippen MR) is 156 cm³/mol. The van der Waals surface area contributed by atoms with E-state index >= 15 is 0 Å². The summed E-state index contributed by atoms with van der Waals surface area (Å²) >= 11 is 0. The number of ketones is 1. The fourth-order valence-electron chi connectivity index (χ4n) is 6.59. The molecule has 0 bridgehead atoms. The fourth-order valence-corrected chi connectivity index (χ4v) is 6.59. The van der Waals surface area contributed by atoms with Crippen LogP contribution in [0, 0.1) is 0 Å². The molecule has 0 saturated carbocycles. The Balaban J connectivity index is 1.16. The maximum absolute atomic E-state index is 13.5. The molecule has 1 atom stereocenters. The molecule has 4 aromatic rings. The zero-order valence-corrected chi connectivity index (χ0v) is 23.3.